The van der Waals surface area contributed by atoms with E-state index in [1.54, 1.807) is 0 Å². The largest absolute Gasteiger partial charge is 0.467 e. The Kier molecular flexibility index (Phi) is 7.02. The average molecular weight is 337 g/mol. The Bertz CT molecular complexity index is 342. The zero-order chi connectivity index (χ0) is 16.1. The van der Waals surface area contributed by atoms with Gasteiger partial charge in [0.05, 0.1) is 19.8 Å². The molecule has 1 fully saturated rings. The molecule has 1 saturated heterocycles. The first-order valence-electron chi connectivity index (χ1n) is 7.16. The highest BCUT2D eigenvalue weighted by molar-refractivity contribution is 7.80. The van der Waals surface area contributed by atoms with Crippen LogP contribution in [0.3, 0.4) is 0 Å². The SMILES string of the molecule is CC(C)(C)[Si](C)(C)OCC1COC(COC(=S)NN)CO1. The Morgan fingerprint density at radius 3 is 2.19 bits per heavy atom. The van der Waals surface area contributed by atoms with E-state index in [1.807, 2.05) is 0 Å². The van der Waals surface area contributed by atoms with Gasteiger partial charge in [0.25, 0.3) is 5.17 Å². The van der Waals surface area contributed by atoms with Crippen LogP contribution in [0.5, 0.6) is 0 Å². The molecule has 3 N–H and O–H groups in total. The summed E-state index contributed by atoms with van der Waals surface area (Å²) in [5.74, 6) is 5.12. The van der Waals surface area contributed by atoms with Crippen LogP contribution in [0, 0.1) is 0 Å². The third kappa shape index (κ3) is 6.17. The maximum absolute atomic E-state index is 6.14. The molecule has 0 bridgehead atoms. The van der Waals surface area contributed by atoms with Gasteiger partial charge in [0.1, 0.15) is 18.8 Å². The fourth-order valence-corrected chi connectivity index (χ4v) is 2.61. The first-order chi connectivity index (χ1) is 9.65. The predicted molar refractivity (Wildman–Crippen MR) is 88.5 cm³/mol. The molecule has 8 heteroatoms. The summed E-state index contributed by atoms with van der Waals surface area (Å²) in [5.41, 5.74) is 2.26. The maximum atomic E-state index is 6.14. The van der Waals surface area contributed by atoms with E-state index in [9.17, 15) is 0 Å². The molecule has 6 nitrogen and oxygen atoms in total. The molecule has 1 aliphatic heterocycles. The minimum absolute atomic E-state index is 0.0186. The van der Waals surface area contributed by atoms with Crippen molar-refractivity contribution in [2.24, 2.45) is 5.84 Å². The highest BCUT2D eigenvalue weighted by atomic mass is 32.1. The molecule has 2 atom stereocenters. The van der Waals surface area contributed by atoms with Crippen molar-refractivity contribution in [1.82, 2.24) is 5.43 Å². The summed E-state index contributed by atoms with van der Waals surface area (Å²) in [6.45, 7) is 13.0. The molecular formula is C13H28N2O4SSi. The molecule has 1 rings (SSSR count). The number of hydrogen-bond acceptors (Lipinski definition) is 6. The quantitative estimate of drug-likeness (QED) is 0.341. The molecule has 0 aromatic heterocycles. The normalized spacial score (nSPS) is 23.7. The van der Waals surface area contributed by atoms with Gasteiger partial charge in [0, 0.05) is 0 Å². The minimum atomic E-state index is -1.74. The van der Waals surface area contributed by atoms with Gasteiger partial charge in [0.2, 0.25) is 0 Å². The summed E-state index contributed by atoms with van der Waals surface area (Å²) in [5, 5.41) is 0.353. The Hall–Kier alpha value is -0.253. The first-order valence-corrected chi connectivity index (χ1v) is 10.5. The Balaban J connectivity index is 2.26. The number of rotatable bonds is 5. The molecule has 124 valence electrons. The number of nitrogens with two attached hydrogens (primary N) is 1. The monoisotopic (exact) mass is 336 g/mol. The second-order valence-corrected chi connectivity index (χ2v) is 11.9. The Labute approximate surface area is 133 Å². The fourth-order valence-electron chi connectivity index (χ4n) is 1.50. The molecule has 0 aliphatic carbocycles. The number of thiocarbonyl (C=S) groups is 1. The average Bonchev–Trinajstić information content (AvgIpc) is 2.42. The molecule has 0 radical (unpaired) electrons. The van der Waals surface area contributed by atoms with Crippen molar-refractivity contribution >= 4 is 25.7 Å². The molecule has 1 heterocycles. The third-order valence-corrected chi connectivity index (χ3v) is 8.73. The van der Waals surface area contributed by atoms with E-state index < -0.39 is 8.32 Å². The zero-order valence-electron chi connectivity index (χ0n) is 13.6. The highest BCUT2D eigenvalue weighted by Gasteiger charge is 2.38. The fraction of sp³-hybridized carbons (Fsp3) is 0.923. The first kappa shape index (κ1) is 18.8. The van der Waals surface area contributed by atoms with Gasteiger partial charge in [-0.3, -0.25) is 5.43 Å². The standard InChI is InChI=1S/C13H28N2O4SSi/c1-13(2,3)21(4,5)19-9-11-7-16-10(6-17-11)8-18-12(20)15-14/h10-11H,6-9,14H2,1-5H3,(H,15,20). The Morgan fingerprint density at radius 2 is 1.76 bits per heavy atom. The molecule has 2 unspecified atom stereocenters. The predicted octanol–water partition coefficient (Wildman–Crippen LogP) is 1.56. The van der Waals surface area contributed by atoms with Crippen LogP contribution in [-0.4, -0.2) is 52.1 Å². The summed E-state index contributed by atoms with van der Waals surface area (Å²) in [4.78, 5) is 0. The van der Waals surface area contributed by atoms with Gasteiger partial charge in [-0.05, 0) is 30.4 Å². The van der Waals surface area contributed by atoms with E-state index in [0.29, 0.717) is 26.4 Å². The lowest BCUT2D eigenvalue weighted by molar-refractivity contribution is -0.152. The van der Waals surface area contributed by atoms with Crippen LogP contribution in [-0.2, 0) is 18.6 Å². The van der Waals surface area contributed by atoms with Gasteiger partial charge in [-0.1, -0.05) is 20.8 Å². The van der Waals surface area contributed by atoms with Crippen molar-refractivity contribution < 1.29 is 18.6 Å². The van der Waals surface area contributed by atoms with Gasteiger partial charge >= 0.3 is 0 Å². The van der Waals surface area contributed by atoms with Crippen LogP contribution in [0.1, 0.15) is 20.8 Å². The van der Waals surface area contributed by atoms with Gasteiger partial charge < -0.3 is 18.6 Å². The van der Waals surface area contributed by atoms with Gasteiger partial charge in [0.15, 0.2) is 8.32 Å². The summed E-state index contributed by atoms with van der Waals surface area (Å²) >= 11 is 4.79. The number of nitrogens with one attached hydrogen (secondary N) is 1. The summed E-state index contributed by atoms with van der Waals surface area (Å²) < 4.78 is 22.8. The lowest BCUT2D eigenvalue weighted by Gasteiger charge is -2.38. The maximum Gasteiger partial charge on any atom is 0.271 e. The second-order valence-electron chi connectivity index (χ2n) is 6.72. The zero-order valence-corrected chi connectivity index (χ0v) is 15.4. The van der Waals surface area contributed by atoms with E-state index in [1.165, 1.54) is 0 Å². The van der Waals surface area contributed by atoms with Crippen molar-refractivity contribution in [1.29, 1.82) is 0 Å². The minimum Gasteiger partial charge on any atom is -0.467 e. The molecule has 0 aromatic rings. The van der Waals surface area contributed by atoms with Gasteiger partial charge in [-0.25, -0.2) is 5.84 Å². The van der Waals surface area contributed by atoms with Crippen LogP contribution in [0.4, 0.5) is 0 Å². The third-order valence-electron chi connectivity index (χ3n) is 3.99. The van der Waals surface area contributed by atoms with Crippen molar-refractivity contribution in [3.8, 4) is 0 Å². The molecular weight excluding hydrogens is 308 g/mol. The molecule has 0 spiro atoms. The van der Waals surface area contributed by atoms with Crippen molar-refractivity contribution in [2.75, 3.05) is 26.4 Å². The Morgan fingerprint density at radius 1 is 1.24 bits per heavy atom. The number of ether oxygens (including phenoxy) is 3. The number of hydrogen-bond donors (Lipinski definition) is 2. The lowest BCUT2D eigenvalue weighted by atomic mass is 10.2. The van der Waals surface area contributed by atoms with Gasteiger partial charge in [-0.2, -0.15) is 0 Å². The summed E-state index contributed by atoms with van der Waals surface area (Å²) in [7, 11) is -1.74. The molecule has 0 aromatic carbocycles. The second kappa shape index (κ2) is 7.84. The van der Waals surface area contributed by atoms with E-state index in [4.69, 9.17) is 36.7 Å². The van der Waals surface area contributed by atoms with Crippen LogP contribution >= 0.6 is 12.2 Å². The smallest absolute Gasteiger partial charge is 0.271 e. The highest BCUT2D eigenvalue weighted by Crippen LogP contribution is 2.36. The molecule has 0 saturated carbocycles. The summed E-state index contributed by atoms with van der Waals surface area (Å²) in [6, 6.07) is 0. The van der Waals surface area contributed by atoms with Crippen molar-refractivity contribution in [2.45, 2.75) is 51.1 Å². The van der Waals surface area contributed by atoms with Crippen molar-refractivity contribution in [3.05, 3.63) is 0 Å². The van der Waals surface area contributed by atoms with E-state index >= 15 is 0 Å². The van der Waals surface area contributed by atoms with E-state index in [2.05, 4.69) is 39.3 Å². The van der Waals surface area contributed by atoms with Gasteiger partial charge in [-0.15, -0.1) is 0 Å². The molecule has 1 aliphatic rings. The van der Waals surface area contributed by atoms with Crippen molar-refractivity contribution in [3.63, 3.8) is 0 Å². The van der Waals surface area contributed by atoms with Crippen LogP contribution in [0.2, 0.25) is 18.1 Å². The molecule has 21 heavy (non-hydrogen) atoms. The van der Waals surface area contributed by atoms with E-state index in [0.717, 1.165) is 0 Å². The molecule has 0 amide bonds. The van der Waals surface area contributed by atoms with Crippen LogP contribution < -0.4 is 11.3 Å². The topological polar surface area (TPSA) is 75.0 Å². The van der Waals surface area contributed by atoms with Crippen LogP contribution in [0.15, 0.2) is 0 Å². The van der Waals surface area contributed by atoms with Crippen LogP contribution in [0.25, 0.3) is 0 Å². The van der Waals surface area contributed by atoms with E-state index in [-0.39, 0.29) is 22.4 Å². The lowest BCUT2D eigenvalue weighted by Crippen LogP contribution is -2.46. The number of hydrazine groups is 1. The summed E-state index contributed by atoms with van der Waals surface area (Å²) in [6.07, 6.45) is -0.143.